The topological polar surface area (TPSA) is 55.6 Å². The summed E-state index contributed by atoms with van der Waals surface area (Å²) in [5.74, 6) is 3.39. The lowest BCUT2D eigenvalue weighted by Gasteiger charge is -2.56. The van der Waals surface area contributed by atoms with Crippen molar-refractivity contribution in [1.82, 2.24) is 4.90 Å². The van der Waals surface area contributed by atoms with Crippen LogP contribution in [-0.2, 0) is 4.74 Å². The molecule has 100 valence electrons. The average Bonchev–Trinajstić information content (AvgIpc) is 2.69. The number of carbonyl (C=O) groups excluding carboxylic acids is 1. The van der Waals surface area contributed by atoms with Crippen LogP contribution >= 0.6 is 0 Å². The first-order valence-electron chi connectivity index (χ1n) is 7.42. The molecule has 1 heterocycles. The Morgan fingerprint density at radius 3 is 2.22 bits per heavy atom. The third-order valence-electron chi connectivity index (χ3n) is 5.70. The smallest absolute Gasteiger partial charge is 0.410 e. The van der Waals surface area contributed by atoms with Crippen LogP contribution in [0, 0.1) is 23.7 Å². The van der Waals surface area contributed by atoms with E-state index in [4.69, 9.17) is 10.5 Å². The number of ether oxygens (including phenoxy) is 1. The van der Waals surface area contributed by atoms with Crippen molar-refractivity contribution in [3.8, 4) is 0 Å². The zero-order valence-electron chi connectivity index (χ0n) is 10.8. The lowest BCUT2D eigenvalue weighted by molar-refractivity contribution is -0.0480. The minimum atomic E-state index is -0.108. The quantitative estimate of drug-likeness (QED) is 0.809. The van der Waals surface area contributed by atoms with Gasteiger partial charge in [-0.2, -0.15) is 0 Å². The highest BCUT2D eigenvalue weighted by atomic mass is 16.6. The largest absolute Gasteiger partial charge is 0.443 e. The summed E-state index contributed by atoms with van der Waals surface area (Å²) in [6.45, 7) is 1.18. The van der Waals surface area contributed by atoms with Crippen LogP contribution in [0.25, 0.3) is 0 Å². The molecule has 0 spiro atoms. The standard InChI is InChI=1S/C14H22N2O2/c15-6-12-7-16(14(17)18-12)13-10-2-8-1-9(4-10)5-11(13)3-8/h8-13H,1-7,15H2. The van der Waals surface area contributed by atoms with Gasteiger partial charge in [0.15, 0.2) is 0 Å². The molecule has 1 unspecified atom stereocenters. The Hall–Kier alpha value is -0.770. The van der Waals surface area contributed by atoms with Gasteiger partial charge in [0.2, 0.25) is 0 Å². The maximum atomic E-state index is 12.0. The van der Waals surface area contributed by atoms with Crippen LogP contribution in [0.15, 0.2) is 0 Å². The number of rotatable bonds is 2. The first-order chi connectivity index (χ1) is 8.74. The number of nitrogens with zero attached hydrogens (tertiary/aromatic N) is 1. The molecule has 4 bridgehead atoms. The highest BCUT2D eigenvalue weighted by molar-refractivity contribution is 5.70. The molecule has 5 rings (SSSR count). The Morgan fingerprint density at radius 2 is 1.72 bits per heavy atom. The molecule has 4 aliphatic carbocycles. The second kappa shape index (κ2) is 3.86. The summed E-state index contributed by atoms with van der Waals surface area (Å²) in [4.78, 5) is 14.0. The summed E-state index contributed by atoms with van der Waals surface area (Å²) in [5, 5.41) is 0. The van der Waals surface area contributed by atoms with Crippen LogP contribution in [0.2, 0.25) is 0 Å². The van der Waals surface area contributed by atoms with E-state index in [0.717, 1.165) is 30.2 Å². The van der Waals surface area contributed by atoms with Crippen LogP contribution < -0.4 is 5.73 Å². The number of cyclic esters (lactones) is 1. The first kappa shape index (κ1) is 11.1. The van der Waals surface area contributed by atoms with E-state index in [1.807, 2.05) is 4.90 Å². The molecule has 2 N–H and O–H groups in total. The minimum Gasteiger partial charge on any atom is -0.443 e. The van der Waals surface area contributed by atoms with Gasteiger partial charge in [-0.1, -0.05) is 0 Å². The Bertz CT molecular complexity index is 343. The lowest BCUT2D eigenvalue weighted by atomic mass is 9.54. The Kier molecular flexibility index (Phi) is 2.38. The molecular formula is C14H22N2O2. The Balaban J connectivity index is 1.56. The number of carbonyl (C=O) groups is 1. The summed E-state index contributed by atoms with van der Waals surface area (Å²) in [6.07, 6.45) is 6.64. The molecule has 4 saturated carbocycles. The number of nitrogens with two attached hydrogens (primary N) is 1. The highest BCUT2D eigenvalue weighted by Gasteiger charge is 2.52. The normalized spacial score (nSPS) is 49.8. The van der Waals surface area contributed by atoms with E-state index in [0.29, 0.717) is 12.6 Å². The van der Waals surface area contributed by atoms with Gasteiger partial charge in [-0.25, -0.2) is 4.79 Å². The SMILES string of the molecule is NCC1CN(C2C3CC4CC(C3)CC2C4)C(=O)O1. The van der Waals surface area contributed by atoms with Crippen molar-refractivity contribution in [2.75, 3.05) is 13.1 Å². The van der Waals surface area contributed by atoms with E-state index in [1.54, 1.807) is 0 Å². The molecule has 1 aliphatic heterocycles. The van der Waals surface area contributed by atoms with Gasteiger partial charge in [0.25, 0.3) is 0 Å². The fraction of sp³-hybridized carbons (Fsp3) is 0.929. The molecule has 4 heteroatoms. The molecule has 18 heavy (non-hydrogen) atoms. The maximum absolute atomic E-state index is 12.0. The van der Waals surface area contributed by atoms with E-state index in [2.05, 4.69) is 0 Å². The number of amides is 1. The summed E-state index contributed by atoms with van der Waals surface area (Å²) in [5.41, 5.74) is 5.63. The lowest BCUT2D eigenvalue weighted by Crippen LogP contribution is -2.56. The van der Waals surface area contributed by atoms with Crippen LogP contribution in [0.1, 0.15) is 32.1 Å². The Morgan fingerprint density at radius 1 is 1.11 bits per heavy atom. The molecule has 0 aromatic rings. The third kappa shape index (κ3) is 1.51. The third-order valence-corrected chi connectivity index (χ3v) is 5.70. The van der Waals surface area contributed by atoms with E-state index < -0.39 is 0 Å². The van der Waals surface area contributed by atoms with Gasteiger partial charge in [0.1, 0.15) is 6.10 Å². The van der Waals surface area contributed by atoms with Crippen molar-refractivity contribution >= 4 is 6.09 Å². The highest BCUT2D eigenvalue weighted by Crippen LogP contribution is 2.55. The molecule has 1 amide bonds. The van der Waals surface area contributed by atoms with Gasteiger partial charge in [0.05, 0.1) is 6.54 Å². The van der Waals surface area contributed by atoms with Gasteiger partial charge in [0, 0.05) is 12.6 Å². The van der Waals surface area contributed by atoms with E-state index >= 15 is 0 Å². The fourth-order valence-corrected chi connectivity index (χ4v) is 5.31. The maximum Gasteiger partial charge on any atom is 0.410 e. The second-order valence-corrected chi connectivity index (χ2v) is 6.82. The van der Waals surface area contributed by atoms with E-state index in [9.17, 15) is 4.79 Å². The molecule has 5 fully saturated rings. The van der Waals surface area contributed by atoms with Gasteiger partial charge in [-0.3, -0.25) is 0 Å². The summed E-state index contributed by atoms with van der Waals surface area (Å²) in [7, 11) is 0. The van der Waals surface area contributed by atoms with Crippen molar-refractivity contribution in [2.45, 2.75) is 44.2 Å². The van der Waals surface area contributed by atoms with Crippen molar-refractivity contribution < 1.29 is 9.53 Å². The molecule has 1 atom stereocenters. The Labute approximate surface area is 108 Å². The van der Waals surface area contributed by atoms with Crippen LogP contribution in [0.5, 0.6) is 0 Å². The van der Waals surface area contributed by atoms with Gasteiger partial charge in [-0.15, -0.1) is 0 Å². The molecule has 0 aromatic carbocycles. The molecule has 5 aliphatic rings. The average molecular weight is 250 g/mol. The fourth-order valence-electron chi connectivity index (χ4n) is 5.31. The molecular weight excluding hydrogens is 228 g/mol. The van der Waals surface area contributed by atoms with Crippen molar-refractivity contribution in [2.24, 2.45) is 29.4 Å². The van der Waals surface area contributed by atoms with Gasteiger partial charge < -0.3 is 15.4 Å². The van der Waals surface area contributed by atoms with Crippen LogP contribution in [0.3, 0.4) is 0 Å². The number of hydrogen-bond donors (Lipinski definition) is 1. The predicted octanol–water partition coefficient (Wildman–Crippen LogP) is 1.59. The monoisotopic (exact) mass is 250 g/mol. The summed E-state index contributed by atoms with van der Waals surface area (Å²) >= 11 is 0. The zero-order chi connectivity index (χ0) is 12.3. The van der Waals surface area contributed by atoms with Crippen LogP contribution in [0.4, 0.5) is 4.79 Å². The predicted molar refractivity (Wildman–Crippen MR) is 66.9 cm³/mol. The van der Waals surface area contributed by atoms with Gasteiger partial charge in [-0.05, 0) is 55.8 Å². The van der Waals surface area contributed by atoms with Crippen molar-refractivity contribution in [3.05, 3.63) is 0 Å². The van der Waals surface area contributed by atoms with Crippen molar-refractivity contribution in [1.29, 1.82) is 0 Å². The number of hydrogen-bond acceptors (Lipinski definition) is 3. The van der Waals surface area contributed by atoms with Crippen molar-refractivity contribution in [3.63, 3.8) is 0 Å². The minimum absolute atomic E-state index is 0.0744. The molecule has 1 saturated heterocycles. The summed E-state index contributed by atoms with van der Waals surface area (Å²) in [6, 6.07) is 0.460. The molecule has 0 radical (unpaired) electrons. The molecule has 0 aromatic heterocycles. The second-order valence-electron chi connectivity index (χ2n) is 6.82. The molecule has 4 nitrogen and oxygen atoms in total. The van der Waals surface area contributed by atoms with E-state index in [1.165, 1.54) is 32.1 Å². The summed E-state index contributed by atoms with van der Waals surface area (Å²) < 4.78 is 5.34. The first-order valence-corrected chi connectivity index (χ1v) is 7.42. The van der Waals surface area contributed by atoms with Gasteiger partial charge >= 0.3 is 6.09 Å². The van der Waals surface area contributed by atoms with Crippen LogP contribution in [-0.4, -0.2) is 36.2 Å². The zero-order valence-corrected chi connectivity index (χ0v) is 10.8. The van der Waals surface area contributed by atoms with E-state index in [-0.39, 0.29) is 12.2 Å².